The molecule has 1 unspecified atom stereocenters. The van der Waals surface area contributed by atoms with E-state index in [4.69, 9.17) is 4.74 Å². The minimum Gasteiger partial charge on any atom is -0.444 e. The molecule has 6 heteroatoms. The van der Waals surface area contributed by atoms with Crippen LogP contribution in [0.15, 0.2) is 0 Å². The number of piperidine rings is 1. The summed E-state index contributed by atoms with van der Waals surface area (Å²) < 4.78 is 5.59. The average Bonchev–Trinajstić information content (AvgIpc) is 3.27. The molecule has 1 saturated carbocycles. The number of amides is 2. The molecule has 144 valence electrons. The van der Waals surface area contributed by atoms with Crippen LogP contribution in [0.5, 0.6) is 0 Å². The fourth-order valence-electron chi connectivity index (χ4n) is 3.79. The second-order valence-electron chi connectivity index (χ2n) is 9.97. The largest absolute Gasteiger partial charge is 0.444 e. The summed E-state index contributed by atoms with van der Waals surface area (Å²) in [5.74, 6) is 3.85. The molecular weight excluding hydrogens is 344 g/mol. The topological polar surface area (TPSA) is 49.9 Å². The molecule has 3 fully saturated rings. The summed E-state index contributed by atoms with van der Waals surface area (Å²) in [5, 5.41) is 0. The van der Waals surface area contributed by atoms with Crippen molar-refractivity contribution in [3.63, 3.8) is 0 Å². The van der Waals surface area contributed by atoms with Crippen molar-refractivity contribution in [3.05, 3.63) is 0 Å². The van der Waals surface area contributed by atoms with E-state index in [0.29, 0.717) is 6.54 Å². The third-order valence-electron chi connectivity index (χ3n) is 5.04. The molecule has 0 radical (unpaired) electrons. The van der Waals surface area contributed by atoms with Gasteiger partial charge in [-0.3, -0.25) is 4.79 Å². The van der Waals surface area contributed by atoms with Crippen LogP contribution in [-0.4, -0.2) is 60.1 Å². The number of hydrogen-bond donors (Lipinski definition) is 0. The molecular formula is C20H32N2O3Si. The zero-order valence-corrected chi connectivity index (χ0v) is 18.0. The number of carbonyl (C=O) groups is 2. The van der Waals surface area contributed by atoms with Gasteiger partial charge in [-0.25, -0.2) is 4.79 Å². The van der Waals surface area contributed by atoms with Crippen molar-refractivity contribution in [1.29, 1.82) is 0 Å². The van der Waals surface area contributed by atoms with E-state index in [1.807, 2.05) is 30.6 Å². The third kappa shape index (κ3) is 4.43. The summed E-state index contributed by atoms with van der Waals surface area (Å²) in [6.45, 7) is 12.9. The number of hydrogen-bond acceptors (Lipinski definition) is 3. The number of fused-ring (bicyclic) bond motifs is 2. The van der Waals surface area contributed by atoms with E-state index >= 15 is 0 Å². The van der Waals surface area contributed by atoms with E-state index in [1.165, 1.54) is 0 Å². The lowest BCUT2D eigenvalue weighted by molar-refractivity contribution is -0.137. The van der Waals surface area contributed by atoms with Crippen LogP contribution >= 0.6 is 0 Å². The average molecular weight is 377 g/mol. The van der Waals surface area contributed by atoms with Crippen molar-refractivity contribution in [2.45, 2.75) is 89.8 Å². The van der Waals surface area contributed by atoms with E-state index in [1.54, 1.807) is 0 Å². The first-order valence-corrected chi connectivity index (χ1v) is 13.3. The van der Waals surface area contributed by atoms with Gasteiger partial charge in [-0.2, -0.15) is 0 Å². The molecule has 2 bridgehead atoms. The first-order valence-electron chi connectivity index (χ1n) is 9.79. The van der Waals surface area contributed by atoms with Crippen molar-refractivity contribution in [3.8, 4) is 11.5 Å². The van der Waals surface area contributed by atoms with Crippen LogP contribution in [0.4, 0.5) is 4.79 Å². The van der Waals surface area contributed by atoms with Crippen molar-refractivity contribution in [1.82, 2.24) is 9.80 Å². The molecule has 2 aliphatic heterocycles. The molecule has 5 nitrogen and oxygen atoms in total. The van der Waals surface area contributed by atoms with Gasteiger partial charge in [0.2, 0.25) is 5.91 Å². The van der Waals surface area contributed by atoms with Gasteiger partial charge in [0.25, 0.3) is 0 Å². The van der Waals surface area contributed by atoms with Crippen molar-refractivity contribution in [2.75, 3.05) is 6.54 Å². The Bertz CT molecular complexity index is 649. The maximum Gasteiger partial charge on any atom is 0.410 e. The molecule has 1 aliphatic carbocycles. The summed E-state index contributed by atoms with van der Waals surface area (Å²) in [4.78, 5) is 29.4. The first-order chi connectivity index (χ1) is 11.9. The Labute approximate surface area is 158 Å². The molecule has 0 N–H and O–H groups in total. The summed E-state index contributed by atoms with van der Waals surface area (Å²) in [5.41, 5.74) is 2.94. The van der Waals surface area contributed by atoms with Crippen LogP contribution in [0.3, 0.4) is 0 Å². The Morgan fingerprint density at radius 3 is 2.27 bits per heavy atom. The summed E-state index contributed by atoms with van der Waals surface area (Å²) >= 11 is 0. The number of rotatable bonds is 1. The van der Waals surface area contributed by atoms with Gasteiger partial charge in [0.1, 0.15) is 13.7 Å². The predicted molar refractivity (Wildman–Crippen MR) is 104 cm³/mol. The van der Waals surface area contributed by atoms with E-state index in [2.05, 4.69) is 31.1 Å². The molecule has 2 amide bonds. The highest BCUT2D eigenvalue weighted by Gasteiger charge is 2.50. The van der Waals surface area contributed by atoms with Crippen molar-refractivity contribution in [2.24, 2.45) is 5.92 Å². The van der Waals surface area contributed by atoms with Crippen molar-refractivity contribution >= 4 is 20.1 Å². The molecule has 0 aromatic carbocycles. The second kappa shape index (κ2) is 6.60. The number of likely N-dealkylation sites (tertiary alicyclic amines) is 2. The van der Waals surface area contributed by atoms with Gasteiger partial charge >= 0.3 is 6.09 Å². The van der Waals surface area contributed by atoms with Crippen LogP contribution < -0.4 is 0 Å². The van der Waals surface area contributed by atoms with Crippen molar-refractivity contribution < 1.29 is 14.3 Å². The monoisotopic (exact) mass is 376 g/mol. The quantitative estimate of drug-likeness (QED) is 0.521. The number of nitrogens with zero attached hydrogens (tertiary/aromatic N) is 2. The van der Waals surface area contributed by atoms with Crippen LogP contribution in [-0.2, 0) is 9.53 Å². The van der Waals surface area contributed by atoms with Gasteiger partial charge < -0.3 is 14.5 Å². The highest BCUT2D eigenvalue weighted by atomic mass is 28.3. The van der Waals surface area contributed by atoms with Gasteiger partial charge in [-0.1, -0.05) is 25.6 Å². The SMILES string of the molecule is CC(C)(C)OC(=O)N1C[C@H]2C[C@@H]1CC(C#C[Si](C)(C)C)N2C(=O)C1CC1. The fraction of sp³-hybridized carbons (Fsp3) is 0.800. The molecule has 26 heavy (non-hydrogen) atoms. The summed E-state index contributed by atoms with van der Waals surface area (Å²) in [6, 6.07) is 0.139. The summed E-state index contributed by atoms with van der Waals surface area (Å²) in [6.07, 6.45) is 3.32. The smallest absolute Gasteiger partial charge is 0.410 e. The lowest BCUT2D eigenvalue weighted by atomic mass is 9.95. The molecule has 2 heterocycles. The molecule has 2 saturated heterocycles. The Hall–Kier alpha value is -1.48. The molecule has 0 spiro atoms. The van der Waals surface area contributed by atoms with Gasteiger partial charge in [0, 0.05) is 18.5 Å². The maximum absolute atomic E-state index is 12.9. The molecule has 3 rings (SSSR count). The first kappa shape index (κ1) is 19.3. The van der Waals surface area contributed by atoms with E-state index in [0.717, 1.165) is 25.7 Å². The second-order valence-corrected chi connectivity index (χ2v) is 14.7. The fourth-order valence-corrected chi connectivity index (χ4v) is 4.39. The van der Waals surface area contributed by atoms with Gasteiger partial charge in [-0.15, -0.1) is 5.54 Å². The Kier molecular flexibility index (Phi) is 4.89. The van der Waals surface area contributed by atoms with Gasteiger partial charge in [-0.05, 0) is 46.5 Å². The van der Waals surface area contributed by atoms with Crippen LogP contribution in [0, 0.1) is 17.4 Å². The van der Waals surface area contributed by atoms with E-state index in [9.17, 15) is 9.59 Å². The molecule has 3 atom stereocenters. The Morgan fingerprint density at radius 2 is 1.73 bits per heavy atom. The van der Waals surface area contributed by atoms with Gasteiger partial charge in [0.05, 0.1) is 12.1 Å². The highest BCUT2D eigenvalue weighted by molar-refractivity contribution is 6.83. The molecule has 3 aliphatic rings. The third-order valence-corrected chi connectivity index (χ3v) is 5.93. The molecule has 0 aromatic rings. The minimum absolute atomic E-state index is 0.0639. The van der Waals surface area contributed by atoms with Crippen LogP contribution in [0.1, 0.15) is 46.5 Å². The molecule has 0 aromatic heterocycles. The number of carbonyl (C=O) groups excluding carboxylic acids is 2. The van der Waals surface area contributed by atoms with Crippen LogP contribution in [0.25, 0.3) is 0 Å². The van der Waals surface area contributed by atoms with Crippen LogP contribution in [0.2, 0.25) is 19.6 Å². The van der Waals surface area contributed by atoms with E-state index in [-0.39, 0.29) is 36.0 Å². The standard InChI is InChI=1S/C20H32N2O3Si/c1-20(2,3)25-19(24)21-13-17-12-16(21)11-15(9-10-26(4,5)6)22(17)18(23)14-7-8-14/h14-17H,7-8,11-13H2,1-6H3/t15?,16-,17+/m0/s1. The highest BCUT2D eigenvalue weighted by Crippen LogP contribution is 2.39. The Balaban J connectivity index is 1.81. The minimum atomic E-state index is -1.52. The lowest BCUT2D eigenvalue weighted by Gasteiger charge is -2.38. The Morgan fingerprint density at radius 1 is 1.08 bits per heavy atom. The van der Waals surface area contributed by atoms with E-state index < -0.39 is 13.7 Å². The zero-order chi connectivity index (χ0) is 19.3. The zero-order valence-electron chi connectivity index (χ0n) is 17.0. The lowest BCUT2D eigenvalue weighted by Crippen LogP contribution is -2.51. The maximum atomic E-state index is 12.9. The van der Waals surface area contributed by atoms with Gasteiger partial charge in [0.15, 0.2) is 0 Å². The normalized spacial score (nSPS) is 28.5. The predicted octanol–water partition coefficient (Wildman–Crippen LogP) is 3.26. The number of ether oxygens (including phenoxy) is 1. The summed E-state index contributed by atoms with van der Waals surface area (Å²) in [7, 11) is -1.52.